The molecule has 0 spiro atoms. The number of nitrogens with one attached hydrogen (secondary N) is 2. The van der Waals surface area contributed by atoms with Gasteiger partial charge in [0.05, 0.1) is 25.3 Å². The summed E-state index contributed by atoms with van der Waals surface area (Å²) >= 11 is 5.40. The maximum atomic E-state index is 11.9. The van der Waals surface area contributed by atoms with E-state index in [1.165, 1.54) is 20.3 Å². The summed E-state index contributed by atoms with van der Waals surface area (Å²) in [5, 5.41) is 8.56. The van der Waals surface area contributed by atoms with E-state index in [0.717, 1.165) is 16.5 Å². The van der Waals surface area contributed by atoms with Gasteiger partial charge in [0.15, 0.2) is 5.11 Å². The van der Waals surface area contributed by atoms with Gasteiger partial charge < -0.3 is 20.1 Å². The van der Waals surface area contributed by atoms with Gasteiger partial charge in [-0.25, -0.2) is 9.59 Å². The monoisotopic (exact) mass is 394 g/mol. The van der Waals surface area contributed by atoms with Gasteiger partial charge >= 0.3 is 11.9 Å². The lowest BCUT2D eigenvalue weighted by Crippen LogP contribution is -2.20. The Kier molecular flexibility index (Phi) is 5.86. The molecule has 0 fully saturated rings. The number of ether oxygens (including phenoxy) is 2. The molecule has 7 heteroatoms. The Balaban J connectivity index is 1.86. The standard InChI is InChI=1S/C21H18N2O4S/c1-26-19(24)14-10-15(20(25)27-2)12-16(11-14)22-21(28)23-18-9-5-7-13-6-3-4-8-17(13)18/h3-12H,1-2H3,(H2,22,23,28). The van der Waals surface area contributed by atoms with E-state index in [0.29, 0.717) is 10.8 Å². The minimum atomic E-state index is -0.568. The summed E-state index contributed by atoms with van der Waals surface area (Å²) in [5.74, 6) is -1.14. The third kappa shape index (κ3) is 4.27. The molecule has 3 aromatic rings. The summed E-state index contributed by atoms with van der Waals surface area (Å²) in [6.07, 6.45) is 0. The molecule has 3 rings (SSSR count). The zero-order valence-electron chi connectivity index (χ0n) is 15.3. The van der Waals surface area contributed by atoms with Gasteiger partial charge in [0.25, 0.3) is 0 Å². The molecule has 0 unspecified atom stereocenters. The highest BCUT2D eigenvalue weighted by molar-refractivity contribution is 7.80. The Labute approximate surface area is 167 Å². The number of hydrogen-bond acceptors (Lipinski definition) is 5. The Morgan fingerprint density at radius 3 is 2.07 bits per heavy atom. The Morgan fingerprint density at radius 1 is 0.821 bits per heavy atom. The van der Waals surface area contributed by atoms with Crippen LogP contribution in [0, 0.1) is 0 Å². The predicted octanol–water partition coefficient (Wildman–Crippen LogP) is 4.22. The van der Waals surface area contributed by atoms with Crippen LogP contribution in [0.5, 0.6) is 0 Å². The number of esters is 2. The fourth-order valence-electron chi connectivity index (χ4n) is 2.79. The first-order chi connectivity index (χ1) is 13.5. The molecule has 28 heavy (non-hydrogen) atoms. The molecule has 0 bridgehead atoms. The van der Waals surface area contributed by atoms with Gasteiger partial charge in [-0.1, -0.05) is 36.4 Å². The molecule has 0 heterocycles. The molecule has 2 N–H and O–H groups in total. The molecule has 6 nitrogen and oxygen atoms in total. The second-order valence-electron chi connectivity index (χ2n) is 5.89. The first-order valence-electron chi connectivity index (χ1n) is 8.39. The van der Waals surface area contributed by atoms with Crippen molar-refractivity contribution in [1.82, 2.24) is 0 Å². The Bertz CT molecular complexity index is 1030. The van der Waals surface area contributed by atoms with E-state index in [1.54, 1.807) is 12.1 Å². The van der Waals surface area contributed by atoms with E-state index in [-0.39, 0.29) is 11.1 Å². The molecule has 142 valence electrons. The summed E-state index contributed by atoms with van der Waals surface area (Å²) in [5.41, 5.74) is 1.72. The van der Waals surface area contributed by atoms with Crippen LogP contribution in [-0.4, -0.2) is 31.3 Å². The molecule has 0 aliphatic rings. The van der Waals surface area contributed by atoms with Gasteiger partial charge in [-0.2, -0.15) is 0 Å². The number of methoxy groups -OCH3 is 2. The van der Waals surface area contributed by atoms with Crippen molar-refractivity contribution in [1.29, 1.82) is 0 Å². The number of rotatable bonds is 4. The van der Waals surface area contributed by atoms with Crippen molar-refractivity contribution >= 4 is 51.4 Å². The third-order valence-electron chi connectivity index (χ3n) is 4.07. The number of thiocarbonyl (C=S) groups is 1. The zero-order chi connectivity index (χ0) is 20.1. The first kappa shape index (κ1) is 19.3. The van der Waals surface area contributed by atoms with Crippen LogP contribution in [-0.2, 0) is 9.47 Å². The zero-order valence-corrected chi connectivity index (χ0v) is 16.1. The first-order valence-corrected chi connectivity index (χ1v) is 8.80. The van der Waals surface area contributed by atoms with Crippen molar-refractivity contribution in [3.8, 4) is 0 Å². The van der Waals surface area contributed by atoms with E-state index in [4.69, 9.17) is 21.7 Å². The molecule has 0 aliphatic carbocycles. The van der Waals surface area contributed by atoms with Crippen LogP contribution in [0.2, 0.25) is 0 Å². The number of fused-ring (bicyclic) bond motifs is 1. The molecular weight excluding hydrogens is 376 g/mol. The van der Waals surface area contributed by atoms with Crippen LogP contribution in [0.15, 0.2) is 60.7 Å². The van der Waals surface area contributed by atoms with Gasteiger partial charge in [-0.05, 0) is 41.9 Å². The lowest BCUT2D eigenvalue weighted by molar-refractivity contribution is 0.0599. The largest absolute Gasteiger partial charge is 0.465 e. The van der Waals surface area contributed by atoms with E-state index < -0.39 is 11.9 Å². The van der Waals surface area contributed by atoms with Gasteiger partial charge in [-0.3, -0.25) is 0 Å². The van der Waals surface area contributed by atoms with Gasteiger partial charge in [-0.15, -0.1) is 0 Å². The van der Waals surface area contributed by atoms with E-state index >= 15 is 0 Å². The SMILES string of the molecule is COC(=O)c1cc(NC(=S)Nc2cccc3ccccc23)cc(C(=O)OC)c1. The Morgan fingerprint density at radius 2 is 1.43 bits per heavy atom. The van der Waals surface area contributed by atoms with E-state index in [1.807, 2.05) is 42.5 Å². The maximum Gasteiger partial charge on any atom is 0.337 e. The minimum absolute atomic E-state index is 0.209. The number of carbonyl (C=O) groups is 2. The maximum absolute atomic E-state index is 11.9. The van der Waals surface area contributed by atoms with Crippen molar-refractivity contribution in [2.75, 3.05) is 24.9 Å². The number of anilines is 2. The summed E-state index contributed by atoms with van der Waals surface area (Å²) < 4.78 is 9.48. The van der Waals surface area contributed by atoms with E-state index in [9.17, 15) is 9.59 Å². The normalized spacial score (nSPS) is 10.2. The highest BCUT2D eigenvalue weighted by Crippen LogP contribution is 2.23. The highest BCUT2D eigenvalue weighted by atomic mass is 32.1. The fraction of sp³-hybridized carbons (Fsp3) is 0.0952. The second kappa shape index (κ2) is 8.49. The number of carbonyl (C=O) groups excluding carboxylic acids is 2. The van der Waals surface area contributed by atoms with Crippen molar-refractivity contribution in [2.45, 2.75) is 0 Å². The summed E-state index contributed by atoms with van der Waals surface area (Å²) in [4.78, 5) is 23.8. The lowest BCUT2D eigenvalue weighted by Gasteiger charge is -2.14. The Hall–Kier alpha value is -3.45. The predicted molar refractivity (Wildman–Crippen MR) is 113 cm³/mol. The quantitative estimate of drug-likeness (QED) is 0.507. The van der Waals surface area contributed by atoms with Crippen LogP contribution in [0.3, 0.4) is 0 Å². The van der Waals surface area contributed by atoms with Crippen LogP contribution < -0.4 is 10.6 Å². The van der Waals surface area contributed by atoms with Gasteiger partial charge in [0.2, 0.25) is 0 Å². The molecule has 0 radical (unpaired) electrons. The van der Waals surface area contributed by atoms with Crippen LogP contribution in [0.25, 0.3) is 10.8 Å². The average molecular weight is 394 g/mol. The molecule has 0 atom stereocenters. The number of benzene rings is 3. The summed E-state index contributed by atoms with van der Waals surface area (Å²) in [6, 6.07) is 18.3. The van der Waals surface area contributed by atoms with Crippen LogP contribution >= 0.6 is 12.2 Å². The van der Waals surface area contributed by atoms with Crippen molar-refractivity contribution in [3.05, 3.63) is 71.8 Å². The molecule has 0 aromatic heterocycles. The minimum Gasteiger partial charge on any atom is -0.465 e. The van der Waals surface area contributed by atoms with Crippen molar-refractivity contribution in [3.63, 3.8) is 0 Å². The molecule has 3 aromatic carbocycles. The molecule has 0 saturated carbocycles. The molecular formula is C21H18N2O4S. The molecule has 0 saturated heterocycles. The second-order valence-corrected chi connectivity index (χ2v) is 6.30. The van der Waals surface area contributed by atoms with Crippen molar-refractivity contribution in [2.24, 2.45) is 0 Å². The molecule has 0 aliphatic heterocycles. The van der Waals surface area contributed by atoms with Crippen LogP contribution in [0.1, 0.15) is 20.7 Å². The van der Waals surface area contributed by atoms with Gasteiger partial charge in [0, 0.05) is 16.8 Å². The topological polar surface area (TPSA) is 76.7 Å². The highest BCUT2D eigenvalue weighted by Gasteiger charge is 2.14. The summed E-state index contributed by atoms with van der Waals surface area (Å²) in [6.45, 7) is 0. The van der Waals surface area contributed by atoms with Crippen molar-refractivity contribution < 1.29 is 19.1 Å². The smallest absolute Gasteiger partial charge is 0.337 e. The number of hydrogen-bond donors (Lipinski definition) is 2. The average Bonchev–Trinajstić information content (AvgIpc) is 2.72. The third-order valence-corrected chi connectivity index (χ3v) is 4.28. The van der Waals surface area contributed by atoms with Crippen LogP contribution in [0.4, 0.5) is 11.4 Å². The molecule has 0 amide bonds. The van der Waals surface area contributed by atoms with Gasteiger partial charge in [0.1, 0.15) is 0 Å². The van der Waals surface area contributed by atoms with E-state index in [2.05, 4.69) is 10.6 Å². The lowest BCUT2D eigenvalue weighted by atomic mass is 10.1. The summed E-state index contributed by atoms with van der Waals surface area (Å²) in [7, 11) is 2.54. The fourth-order valence-corrected chi connectivity index (χ4v) is 3.02.